The van der Waals surface area contributed by atoms with Crippen LogP contribution in [-0.2, 0) is 19.1 Å². The summed E-state index contributed by atoms with van der Waals surface area (Å²) < 4.78 is 11.5. The quantitative estimate of drug-likeness (QED) is 0.468. The minimum absolute atomic E-state index is 0.0136. The van der Waals surface area contributed by atoms with Crippen LogP contribution in [0.5, 0.6) is 0 Å². The molecular weight excluding hydrogens is 570 g/mol. The number of ether oxygens (including phenoxy) is 2. The SMILES string of the molecule is COC(=O)C1=C(N)n2c(s/c(=C/c3ccc(Cl)cc3Cl)c2=O)=C(C(=O)OC)C1c1ccc(Cl)cc1Cl. The van der Waals surface area contributed by atoms with E-state index in [1.54, 1.807) is 30.3 Å². The van der Waals surface area contributed by atoms with Crippen molar-refractivity contribution in [2.24, 2.45) is 5.73 Å². The van der Waals surface area contributed by atoms with Gasteiger partial charge in [0.25, 0.3) is 5.56 Å². The first kappa shape index (κ1) is 26.3. The number of rotatable bonds is 4. The number of halogens is 4. The van der Waals surface area contributed by atoms with Gasteiger partial charge < -0.3 is 15.2 Å². The second-order valence-corrected chi connectivity index (χ2v) is 10.2. The number of methoxy groups -OCH3 is 2. The van der Waals surface area contributed by atoms with Gasteiger partial charge in [-0.05, 0) is 41.5 Å². The Hall–Kier alpha value is -2.75. The van der Waals surface area contributed by atoms with E-state index in [0.717, 1.165) is 23.0 Å². The van der Waals surface area contributed by atoms with Gasteiger partial charge in [-0.15, -0.1) is 11.3 Å². The molecule has 0 saturated carbocycles. The number of esters is 2. The Kier molecular flexibility index (Phi) is 7.54. The third kappa shape index (κ3) is 4.55. The zero-order chi connectivity index (χ0) is 26.3. The molecule has 0 amide bonds. The molecule has 2 aromatic carbocycles. The van der Waals surface area contributed by atoms with Gasteiger partial charge in [-0.2, -0.15) is 0 Å². The summed E-state index contributed by atoms with van der Waals surface area (Å²) in [6.45, 7) is 0. The summed E-state index contributed by atoms with van der Waals surface area (Å²) in [6, 6.07) is 9.40. The number of thiazole rings is 1. The Morgan fingerprint density at radius 1 is 0.944 bits per heavy atom. The minimum Gasteiger partial charge on any atom is -0.466 e. The van der Waals surface area contributed by atoms with Crippen LogP contribution in [0.25, 0.3) is 17.5 Å². The summed E-state index contributed by atoms with van der Waals surface area (Å²) in [6.07, 6.45) is 1.54. The van der Waals surface area contributed by atoms with Crippen molar-refractivity contribution in [3.05, 3.63) is 92.7 Å². The van der Waals surface area contributed by atoms with Crippen LogP contribution in [0.15, 0.2) is 46.8 Å². The average molecular weight is 586 g/mol. The van der Waals surface area contributed by atoms with Gasteiger partial charge in [0.2, 0.25) is 0 Å². The van der Waals surface area contributed by atoms with Crippen molar-refractivity contribution in [2.75, 3.05) is 14.2 Å². The predicted molar refractivity (Wildman–Crippen MR) is 142 cm³/mol. The Labute approximate surface area is 228 Å². The van der Waals surface area contributed by atoms with Crippen LogP contribution in [0, 0.1) is 0 Å². The normalized spacial score (nSPS) is 15.7. The predicted octanol–water partition coefficient (Wildman–Crippen LogP) is 3.77. The number of nitrogens with zero attached hydrogens (tertiary/aromatic N) is 1. The van der Waals surface area contributed by atoms with Gasteiger partial charge in [-0.3, -0.25) is 9.36 Å². The minimum atomic E-state index is -1.10. The zero-order valence-corrected chi connectivity index (χ0v) is 22.4. The molecule has 1 unspecified atom stereocenters. The molecule has 0 fully saturated rings. The van der Waals surface area contributed by atoms with E-state index >= 15 is 0 Å². The molecule has 2 N–H and O–H groups in total. The molecule has 1 aromatic heterocycles. The maximum Gasteiger partial charge on any atom is 0.338 e. The van der Waals surface area contributed by atoms with Crippen molar-refractivity contribution in [2.45, 2.75) is 5.92 Å². The molecule has 1 aliphatic rings. The van der Waals surface area contributed by atoms with Crippen molar-refractivity contribution < 1.29 is 19.1 Å². The van der Waals surface area contributed by atoms with Crippen LogP contribution in [0.2, 0.25) is 20.1 Å². The Morgan fingerprint density at radius 3 is 2.11 bits per heavy atom. The van der Waals surface area contributed by atoms with Crippen molar-refractivity contribution >= 4 is 87.1 Å². The van der Waals surface area contributed by atoms with Crippen molar-refractivity contribution in [1.82, 2.24) is 4.57 Å². The number of hydrogen-bond acceptors (Lipinski definition) is 7. The topological polar surface area (TPSA) is 101 Å². The molecule has 4 rings (SSSR count). The Bertz CT molecular complexity index is 1640. The van der Waals surface area contributed by atoms with Crippen LogP contribution < -0.4 is 20.5 Å². The third-order valence-corrected chi connectivity index (χ3v) is 7.71. The van der Waals surface area contributed by atoms with E-state index in [-0.39, 0.29) is 31.2 Å². The monoisotopic (exact) mass is 584 g/mol. The third-order valence-electron chi connectivity index (χ3n) is 5.48. The molecular formula is C24H16Cl4N2O5S. The van der Waals surface area contributed by atoms with E-state index in [1.165, 1.54) is 19.2 Å². The average Bonchev–Trinajstić information content (AvgIpc) is 3.15. The second-order valence-electron chi connectivity index (χ2n) is 7.52. The summed E-state index contributed by atoms with van der Waals surface area (Å²) in [7, 11) is 2.35. The summed E-state index contributed by atoms with van der Waals surface area (Å²) >= 11 is 25.8. The van der Waals surface area contributed by atoms with Crippen molar-refractivity contribution in [3.63, 3.8) is 0 Å². The summed E-state index contributed by atoms with van der Waals surface area (Å²) in [5.74, 6) is -2.94. The molecule has 0 aliphatic carbocycles. The van der Waals surface area contributed by atoms with E-state index < -0.39 is 23.4 Å². The molecule has 12 heteroatoms. The van der Waals surface area contributed by atoms with Crippen molar-refractivity contribution in [1.29, 1.82) is 0 Å². The first-order valence-electron chi connectivity index (χ1n) is 10.1. The highest BCUT2D eigenvalue weighted by atomic mass is 35.5. The molecule has 0 bridgehead atoms. The van der Waals surface area contributed by atoms with Crippen molar-refractivity contribution in [3.8, 4) is 0 Å². The maximum absolute atomic E-state index is 13.5. The number of hydrogen-bond donors (Lipinski definition) is 1. The summed E-state index contributed by atoms with van der Waals surface area (Å²) in [4.78, 5) is 39.5. The molecule has 1 aliphatic heterocycles. The molecule has 0 radical (unpaired) electrons. The molecule has 7 nitrogen and oxygen atoms in total. The lowest BCUT2D eigenvalue weighted by atomic mass is 9.83. The van der Waals surface area contributed by atoms with E-state index in [2.05, 4.69) is 0 Å². The molecule has 2 heterocycles. The first-order chi connectivity index (χ1) is 17.1. The van der Waals surface area contributed by atoms with E-state index in [4.69, 9.17) is 61.6 Å². The number of nitrogens with two attached hydrogens (primary N) is 1. The first-order valence-corrected chi connectivity index (χ1v) is 12.5. The van der Waals surface area contributed by atoms with Crippen LogP contribution in [0.4, 0.5) is 0 Å². The Balaban J connectivity index is 2.15. The fraction of sp³-hybridized carbons (Fsp3) is 0.125. The zero-order valence-electron chi connectivity index (χ0n) is 18.6. The summed E-state index contributed by atoms with van der Waals surface area (Å²) in [5.41, 5.74) is 6.53. The molecule has 3 aromatic rings. The number of fused-ring (bicyclic) bond motifs is 1. The number of benzene rings is 2. The molecule has 1 atom stereocenters. The van der Waals surface area contributed by atoms with Crippen LogP contribution in [-0.4, -0.2) is 30.7 Å². The molecule has 0 saturated heterocycles. The van der Waals surface area contributed by atoms with Gasteiger partial charge in [0, 0.05) is 20.1 Å². The van der Waals surface area contributed by atoms with Gasteiger partial charge in [0.1, 0.15) is 10.5 Å². The lowest BCUT2D eigenvalue weighted by molar-refractivity contribution is -0.136. The van der Waals surface area contributed by atoms with Gasteiger partial charge >= 0.3 is 11.9 Å². The highest BCUT2D eigenvalue weighted by Gasteiger charge is 2.40. The van der Waals surface area contributed by atoms with Crippen LogP contribution in [0.3, 0.4) is 0 Å². The lowest BCUT2D eigenvalue weighted by Crippen LogP contribution is -2.41. The maximum atomic E-state index is 13.5. The van der Waals surface area contributed by atoms with Gasteiger partial charge in [0.05, 0.1) is 35.8 Å². The highest BCUT2D eigenvalue weighted by molar-refractivity contribution is 7.07. The fourth-order valence-electron chi connectivity index (χ4n) is 3.87. The smallest absolute Gasteiger partial charge is 0.338 e. The van der Waals surface area contributed by atoms with Gasteiger partial charge in [0.15, 0.2) is 0 Å². The van der Waals surface area contributed by atoms with Crippen LogP contribution in [0.1, 0.15) is 17.0 Å². The van der Waals surface area contributed by atoms with Crippen LogP contribution >= 0.6 is 57.7 Å². The molecule has 36 heavy (non-hydrogen) atoms. The number of aromatic nitrogens is 1. The van der Waals surface area contributed by atoms with Gasteiger partial charge in [-0.25, -0.2) is 9.59 Å². The summed E-state index contributed by atoms with van der Waals surface area (Å²) in [5, 5.41) is 1.27. The highest BCUT2D eigenvalue weighted by Crippen LogP contribution is 2.41. The second kappa shape index (κ2) is 10.3. The van der Waals surface area contributed by atoms with Gasteiger partial charge in [-0.1, -0.05) is 58.5 Å². The fourth-order valence-corrected chi connectivity index (χ4v) is 6.01. The van der Waals surface area contributed by atoms with E-state index in [1.807, 2.05) is 0 Å². The Morgan fingerprint density at radius 2 is 1.53 bits per heavy atom. The standard InChI is InChI=1S/C24H16Cl4N2O5S/c1-34-23(32)18-17(13-6-5-12(26)9-15(13)28)19(24(33)35-2)22-30(20(18)29)21(31)16(36-22)7-10-3-4-11(25)8-14(10)27/h3-9,17H,29H2,1-2H3/b16-7+. The molecule has 186 valence electrons. The van der Waals surface area contributed by atoms with E-state index in [9.17, 15) is 14.4 Å². The molecule has 0 spiro atoms. The number of carbonyl (C=O) groups excluding carboxylic acids is 2. The number of carbonyl (C=O) groups is 2. The largest absolute Gasteiger partial charge is 0.466 e. The lowest BCUT2D eigenvalue weighted by Gasteiger charge is -2.27. The van der Waals surface area contributed by atoms with E-state index in [0.29, 0.717) is 26.2 Å².